The molecule has 3 heterocycles. The lowest BCUT2D eigenvalue weighted by Gasteiger charge is -2.40. The molecule has 1 amide bonds. The Morgan fingerprint density at radius 2 is 1.90 bits per heavy atom. The SMILES string of the molecule is CC[C@]1(N)CCN(C2=C3N=C(C(C)C)N(C)C3(C)CC=C2NC(=O)c2ccc(=O)n(-c3c(F)cccc3F)n2)C1. The zero-order chi connectivity index (χ0) is 29.0. The Bertz CT molecular complexity index is 1510. The van der Waals surface area contributed by atoms with Gasteiger partial charge < -0.3 is 20.9 Å². The van der Waals surface area contributed by atoms with Crippen molar-refractivity contribution >= 4 is 11.7 Å². The van der Waals surface area contributed by atoms with Crippen LogP contribution in [0.1, 0.15) is 57.4 Å². The van der Waals surface area contributed by atoms with Gasteiger partial charge in [-0.25, -0.2) is 13.8 Å². The van der Waals surface area contributed by atoms with Gasteiger partial charge in [-0.1, -0.05) is 32.9 Å². The Labute approximate surface area is 232 Å². The van der Waals surface area contributed by atoms with Gasteiger partial charge in [-0.2, -0.15) is 9.78 Å². The fourth-order valence-electron chi connectivity index (χ4n) is 5.68. The number of hydrogen-bond donors (Lipinski definition) is 2. The molecule has 1 saturated heterocycles. The minimum atomic E-state index is -0.965. The predicted octanol–water partition coefficient (Wildman–Crippen LogP) is 3.31. The number of halogens is 2. The van der Waals surface area contributed by atoms with Gasteiger partial charge in [-0.3, -0.25) is 9.59 Å². The molecule has 212 valence electrons. The Kier molecular flexibility index (Phi) is 6.89. The standard InChI is InChI=1S/C29H35F2N7O2/c1-6-29(32)14-15-37(16-29)24-20(12-13-28(4)25(24)34-26(17(2)3)36(28)5)33-27(40)21-10-11-22(39)38(35-21)23-18(30)8-7-9-19(23)31/h7-12,17H,6,13-16,32H2,1-5H3,(H,33,40)/t28?,29-/m0/s1. The van der Waals surface area contributed by atoms with Crippen molar-refractivity contribution in [2.75, 3.05) is 20.1 Å². The van der Waals surface area contributed by atoms with Crippen LogP contribution < -0.4 is 16.6 Å². The fraction of sp³-hybridized carbons (Fsp3) is 0.448. The number of amides is 1. The minimum absolute atomic E-state index is 0.168. The van der Waals surface area contributed by atoms with Gasteiger partial charge in [0.25, 0.3) is 11.5 Å². The average molecular weight is 552 g/mol. The Hall–Kier alpha value is -3.86. The van der Waals surface area contributed by atoms with E-state index < -0.39 is 34.3 Å². The molecule has 1 fully saturated rings. The Morgan fingerprint density at radius 3 is 2.52 bits per heavy atom. The number of nitrogens with two attached hydrogens (primary N) is 1. The quantitative estimate of drug-likeness (QED) is 0.570. The Morgan fingerprint density at radius 1 is 1.20 bits per heavy atom. The number of aromatic nitrogens is 2. The average Bonchev–Trinajstić information content (AvgIpc) is 3.43. The first-order chi connectivity index (χ1) is 18.9. The van der Waals surface area contributed by atoms with E-state index in [-0.39, 0.29) is 17.2 Å². The van der Waals surface area contributed by atoms with Crippen LogP contribution in [0.3, 0.4) is 0 Å². The number of hydrogen-bond acceptors (Lipinski definition) is 7. The van der Waals surface area contributed by atoms with E-state index in [0.29, 0.717) is 29.9 Å². The van der Waals surface area contributed by atoms with Crippen molar-refractivity contribution in [2.45, 2.75) is 58.0 Å². The van der Waals surface area contributed by atoms with Crippen LogP contribution in [-0.2, 0) is 0 Å². The molecule has 9 nitrogen and oxygen atoms in total. The molecule has 3 aliphatic rings. The molecule has 11 heteroatoms. The highest BCUT2D eigenvalue weighted by Crippen LogP contribution is 2.44. The summed E-state index contributed by atoms with van der Waals surface area (Å²) in [4.78, 5) is 35.4. The zero-order valence-electron chi connectivity index (χ0n) is 23.5. The normalized spacial score (nSPS) is 24.4. The molecule has 1 unspecified atom stereocenters. The highest BCUT2D eigenvalue weighted by molar-refractivity contribution is 5.94. The van der Waals surface area contributed by atoms with Crippen LogP contribution in [0.4, 0.5) is 8.78 Å². The second kappa shape index (κ2) is 9.96. The van der Waals surface area contributed by atoms with E-state index in [0.717, 1.165) is 48.3 Å². The summed E-state index contributed by atoms with van der Waals surface area (Å²) in [5, 5.41) is 6.97. The van der Waals surface area contributed by atoms with E-state index in [1.54, 1.807) is 0 Å². The summed E-state index contributed by atoms with van der Waals surface area (Å²) in [6.45, 7) is 9.73. The molecule has 3 N–H and O–H groups in total. The maximum absolute atomic E-state index is 14.4. The third-order valence-electron chi connectivity index (χ3n) is 8.36. The first-order valence-corrected chi connectivity index (χ1v) is 13.6. The number of nitrogens with one attached hydrogen (secondary N) is 1. The molecule has 1 aliphatic carbocycles. The second-order valence-corrected chi connectivity index (χ2v) is 11.4. The largest absolute Gasteiger partial charge is 0.366 e. The summed E-state index contributed by atoms with van der Waals surface area (Å²) in [6.07, 6.45) is 4.18. The van der Waals surface area contributed by atoms with E-state index in [9.17, 15) is 18.4 Å². The third-order valence-corrected chi connectivity index (χ3v) is 8.36. The van der Waals surface area contributed by atoms with Gasteiger partial charge in [-0.15, -0.1) is 0 Å². The third kappa shape index (κ3) is 4.51. The topological polar surface area (TPSA) is 109 Å². The first-order valence-electron chi connectivity index (χ1n) is 13.6. The molecule has 0 radical (unpaired) electrons. The predicted molar refractivity (Wildman–Crippen MR) is 149 cm³/mol. The molecule has 0 saturated carbocycles. The van der Waals surface area contributed by atoms with Crippen LogP contribution in [0.5, 0.6) is 0 Å². The van der Waals surface area contributed by atoms with Gasteiger partial charge in [-0.05, 0) is 44.4 Å². The van der Waals surface area contributed by atoms with Crippen molar-refractivity contribution in [3.05, 3.63) is 81.2 Å². The summed E-state index contributed by atoms with van der Waals surface area (Å²) in [5.41, 5.74) is 6.56. The van der Waals surface area contributed by atoms with Crippen LogP contribution in [0.2, 0.25) is 0 Å². The van der Waals surface area contributed by atoms with E-state index >= 15 is 0 Å². The van der Waals surface area contributed by atoms with Crippen molar-refractivity contribution in [1.82, 2.24) is 24.9 Å². The van der Waals surface area contributed by atoms with Crippen molar-refractivity contribution in [3.8, 4) is 5.69 Å². The molecule has 0 bridgehead atoms. The lowest BCUT2D eigenvalue weighted by molar-refractivity contribution is 0.0957. The zero-order valence-corrected chi connectivity index (χ0v) is 23.5. The maximum Gasteiger partial charge on any atom is 0.276 e. The summed E-state index contributed by atoms with van der Waals surface area (Å²) in [6, 6.07) is 5.54. The van der Waals surface area contributed by atoms with Gasteiger partial charge in [0.05, 0.1) is 22.6 Å². The van der Waals surface area contributed by atoms with Gasteiger partial charge in [0.2, 0.25) is 0 Å². The number of fused-ring (bicyclic) bond motifs is 1. The van der Waals surface area contributed by atoms with Crippen molar-refractivity contribution in [1.29, 1.82) is 0 Å². The molecule has 1 aromatic carbocycles. The highest BCUT2D eigenvalue weighted by atomic mass is 19.1. The van der Waals surface area contributed by atoms with Gasteiger partial charge in [0.1, 0.15) is 17.2 Å². The van der Waals surface area contributed by atoms with Crippen LogP contribution in [0.15, 0.2) is 63.3 Å². The van der Waals surface area contributed by atoms with Crippen LogP contribution in [-0.4, -0.2) is 62.5 Å². The number of carbonyl (C=O) groups excluding carboxylic acids is 1. The number of rotatable bonds is 6. The van der Waals surface area contributed by atoms with E-state index in [1.807, 2.05) is 13.1 Å². The monoisotopic (exact) mass is 551 g/mol. The highest BCUT2D eigenvalue weighted by Gasteiger charge is 2.48. The number of likely N-dealkylation sites (tertiary alicyclic amines) is 1. The lowest BCUT2D eigenvalue weighted by Crippen LogP contribution is -2.48. The van der Waals surface area contributed by atoms with Crippen molar-refractivity contribution in [3.63, 3.8) is 0 Å². The lowest BCUT2D eigenvalue weighted by atomic mass is 9.86. The van der Waals surface area contributed by atoms with Crippen LogP contribution >= 0.6 is 0 Å². The number of carbonyl (C=O) groups is 1. The summed E-state index contributed by atoms with van der Waals surface area (Å²) >= 11 is 0. The molecule has 5 rings (SSSR count). The molecular weight excluding hydrogens is 516 g/mol. The molecule has 0 spiro atoms. The summed E-state index contributed by atoms with van der Waals surface area (Å²) < 4.78 is 29.4. The minimum Gasteiger partial charge on any atom is -0.366 e. The number of likely N-dealkylation sites (N-methyl/N-ethyl adjacent to an activating group) is 1. The smallest absolute Gasteiger partial charge is 0.276 e. The molecule has 2 aliphatic heterocycles. The van der Waals surface area contributed by atoms with E-state index in [2.05, 4.69) is 47.9 Å². The van der Waals surface area contributed by atoms with E-state index in [4.69, 9.17) is 10.7 Å². The van der Waals surface area contributed by atoms with E-state index in [1.165, 1.54) is 12.1 Å². The molecule has 40 heavy (non-hydrogen) atoms. The maximum atomic E-state index is 14.4. The number of benzene rings is 1. The van der Waals surface area contributed by atoms with Crippen molar-refractivity contribution < 1.29 is 13.6 Å². The van der Waals surface area contributed by atoms with Crippen LogP contribution in [0, 0.1) is 17.6 Å². The number of nitrogens with zero attached hydrogens (tertiary/aromatic N) is 5. The fourth-order valence-corrected chi connectivity index (χ4v) is 5.68. The number of amidine groups is 1. The summed E-state index contributed by atoms with van der Waals surface area (Å²) in [5.74, 6) is -1.39. The molecular formula is C29H35F2N7O2. The molecule has 2 aromatic rings. The van der Waals surface area contributed by atoms with Gasteiger partial charge in [0.15, 0.2) is 11.6 Å². The molecule has 1 aromatic heterocycles. The van der Waals surface area contributed by atoms with Gasteiger partial charge in [0, 0.05) is 37.7 Å². The number of aliphatic imine (C=N–C) groups is 1. The summed E-state index contributed by atoms with van der Waals surface area (Å²) in [7, 11) is 2.04. The van der Waals surface area contributed by atoms with Crippen molar-refractivity contribution in [2.24, 2.45) is 16.6 Å². The number of para-hydroxylation sites is 1. The van der Waals surface area contributed by atoms with Gasteiger partial charge >= 0.3 is 0 Å². The Balaban J connectivity index is 1.54. The van der Waals surface area contributed by atoms with Crippen LogP contribution in [0.25, 0.3) is 5.69 Å². The molecule has 2 atom stereocenters. The first kappa shape index (κ1) is 27.7. The second-order valence-electron chi connectivity index (χ2n) is 11.4.